The molecule has 1 N–H and O–H groups in total. The number of amides is 1. The fourth-order valence-electron chi connectivity index (χ4n) is 2.42. The van der Waals surface area contributed by atoms with Crippen molar-refractivity contribution in [2.75, 3.05) is 16.8 Å². The van der Waals surface area contributed by atoms with Crippen LogP contribution in [0.15, 0.2) is 42.6 Å². The molecule has 1 saturated heterocycles. The number of aromatic nitrogens is 1. The molecule has 1 aromatic carbocycles. The maximum Gasteiger partial charge on any atom is 0.311 e. The van der Waals surface area contributed by atoms with Gasteiger partial charge in [0.25, 0.3) is 0 Å². The van der Waals surface area contributed by atoms with Crippen molar-refractivity contribution in [3.63, 3.8) is 0 Å². The minimum atomic E-state index is -0.480. The van der Waals surface area contributed by atoms with Crippen molar-refractivity contribution in [3.8, 4) is 0 Å². The van der Waals surface area contributed by atoms with Crippen molar-refractivity contribution in [3.05, 3.63) is 52.7 Å². The molecule has 3 rings (SSSR count). The smallest absolute Gasteiger partial charge is 0.311 e. The lowest BCUT2D eigenvalue weighted by atomic mass is 10.2. The fourth-order valence-corrected chi connectivity index (χ4v) is 2.42. The van der Waals surface area contributed by atoms with Crippen LogP contribution >= 0.6 is 0 Å². The average Bonchev–Trinajstić information content (AvgIpc) is 2.94. The van der Waals surface area contributed by atoms with Gasteiger partial charge in [0, 0.05) is 36.6 Å². The highest BCUT2D eigenvalue weighted by Gasteiger charge is 2.21. The molecular formula is C15H14N4O3. The summed E-state index contributed by atoms with van der Waals surface area (Å²) < 4.78 is 0. The number of carbonyl (C=O) groups is 1. The topological polar surface area (TPSA) is 88.4 Å². The van der Waals surface area contributed by atoms with E-state index in [-0.39, 0.29) is 17.4 Å². The third-order valence-corrected chi connectivity index (χ3v) is 3.50. The number of rotatable bonds is 4. The molecule has 0 saturated carbocycles. The molecule has 0 atom stereocenters. The van der Waals surface area contributed by atoms with Gasteiger partial charge in [0.2, 0.25) is 11.7 Å². The van der Waals surface area contributed by atoms with Crippen molar-refractivity contribution in [2.45, 2.75) is 12.8 Å². The normalized spacial score (nSPS) is 14.2. The Labute approximate surface area is 126 Å². The summed E-state index contributed by atoms with van der Waals surface area (Å²) in [4.78, 5) is 27.9. The number of carbonyl (C=O) groups excluding carboxylic acids is 1. The Morgan fingerprint density at radius 3 is 2.64 bits per heavy atom. The summed E-state index contributed by atoms with van der Waals surface area (Å²) in [5, 5.41) is 13.9. The third-order valence-electron chi connectivity index (χ3n) is 3.50. The van der Waals surface area contributed by atoms with Crippen LogP contribution in [0.4, 0.5) is 22.9 Å². The van der Waals surface area contributed by atoms with Gasteiger partial charge in [0.15, 0.2) is 0 Å². The standard InChI is InChI=1S/C15H14N4O3/c20-14-4-2-10-18(14)12-7-5-11(6-8-12)17-15-13(19(21)22)3-1-9-16-15/h1,3,5-9H,2,4,10H2,(H,16,17). The van der Waals surface area contributed by atoms with Gasteiger partial charge < -0.3 is 10.2 Å². The molecule has 112 valence electrons. The second-order valence-electron chi connectivity index (χ2n) is 4.95. The minimum Gasteiger partial charge on any atom is -0.334 e. The Morgan fingerprint density at radius 1 is 1.23 bits per heavy atom. The summed E-state index contributed by atoms with van der Waals surface area (Å²) in [7, 11) is 0. The van der Waals surface area contributed by atoms with Crippen molar-refractivity contribution < 1.29 is 9.72 Å². The lowest BCUT2D eigenvalue weighted by Crippen LogP contribution is -2.23. The number of nitrogens with zero attached hydrogens (tertiary/aromatic N) is 3. The van der Waals surface area contributed by atoms with Crippen LogP contribution in [0.5, 0.6) is 0 Å². The molecule has 2 heterocycles. The van der Waals surface area contributed by atoms with E-state index in [0.29, 0.717) is 12.1 Å². The van der Waals surface area contributed by atoms with E-state index in [1.165, 1.54) is 18.3 Å². The quantitative estimate of drug-likeness (QED) is 0.692. The van der Waals surface area contributed by atoms with E-state index in [1.807, 2.05) is 12.1 Å². The Hall–Kier alpha value is -2.96. The largest absolute Gasteiger partial charge is 0.334 e. The van der Waals surface area contributed by atoms with Crippen LogP contribution in [-0.2, 0) is 4.79 Å². The number of hydrogen-bond donors (Lipinski definition) is 1. The molecule has 0 spiro atoms. The Balaban J connectivity index is 1.79. The second kappa shape index (κ2) is 5.80. The molecule has 1 aromatic heterocycles. The van der Waals surface area contributed by atoms with Gasteiger partial charge in [0.1, 0.15) is 0 Å². The summed E-state index contributed by atoms with van der Waals surface area (Å²) in [6.45, 7) is 0.733. The van der Waals surface area contributed by atoms with Crippen LogP contribution in [0.3, 0.4) is 0 Å². The molecule has 1 aliphatic heterocycles. The SMILES string of the molecule is O=C1CCCN1c1ccc(Nc2ncccc2[N+](=O)[O-])cc1. The van der Waals surface area contributed by atoms with Crippen LogP contribution in [0, 0.1) is 10.1 Å². The Bertz CT molecular complexity index is 715. The predicted molar refractivity (Wildman–Crippen MR) is 82.2 cm³/mol. The van der Waals surface area contributed by atoms with Gasteiger partial charge in [-0.05, 0) is 36.8 Å². The number of benzene rings is 1. The average molecular weight is 298 g/mol. The molecule has 0 bridgehead atoms. The molecule has 1 aliphatic rings. The second-order valence-corrected chi connectivity index (χ2v) is 4.95. The monoisotopic (exact) mass is 298 g/mol. The first-order valence-corrected chi connectivity index (χ1v) is 6.92. The first kappa shape index (κ1) is 14.0. The van der Waals surface area contributed by atoms with E-state index in [4.69, 9.17) is 0 Å². The highest BCUT2D eigenvalue weighted by molar-refractivity contribution is 5.95. The third kappa shape index (κ3) is 2.73. The van der Waals surface area contributed by atoms with Gasteiger partial charge in [-0.3, -0.25) is 14.9 Å². The van der Waals surface area contributed by atoms with Gasteiger partial charge in [-0.15, -0.1) is 0 Å². The van der Waals surface area contributed by atoms with Crippen molar-refractivity contribution in [2.24, 2.45) is 0 Å². The van der Waals surface area contributed by atoms with Crippen molar-refractivity contribution in [1.82, 2.24) is 4.98 Å². The van der Waals surface area contributed by atoms with Gasteiger partial charge in [-0.2, -0.15) is 0 Å². The van der Waals surface area contributed by atoms with E-state index in [2.05, 4.69) is 10.3 Å². The van der Waals surface area contributed by atoms with Crippen LogP contribution in [0.1, 0.15) is 12.8 Å². The molecule has 22 heavy (non-hydrogen) atoms. The minimum absolute atomic E-state index is 0.0821. The lowest BCUT2D eigenvalue weighted by molar-refractivity contribution is -0.384. The van der Waals surface area contributed by atoms with Crippen LogP contribution in [0.25, 0.3) is 0 Å². The van der Waals surface area contributed by atoms with E-state index in [0.717, 1.165) is 18.7 Å². The number of nitrogens with one attached hydrogen (secondary N) is 1. The van der Waals surface area contributed by atoms with E-state index >= 15 is 0 Å². The molecule has 0 unspecified atom stereocenters. The van der Waals surface area contributed by atoms with Crippen LogP contribution in [0.2, 0.25) is 0 Å². The zero-order valence-electron chi connectivity index (χ0n) is 11.7. The van der Waals surface area contributed by atoms with Crippen molar-refractivity contribution >= 4 is 28.8 Å². The molecule has 0 radical (unpaired) electrons. The molecule has 1 fully saturated rings. The predicted octanol–water partition coefficient (Wildman–Crippen LogP) is 2.86. The Morgan fingerprint density at radius 2 is 2.00 bits per heavy atom. The number of pyridine rings is 1. The molecule has 2 aromatic rings. The van der Waals surface area contributed by atoms with E-state index < -0.39 is 4.92 Å². The zero-order valence-corrected chi connectivity index (χ0v) is 11.7. The molecule has 7 nitrogen and oxygen atoms in total. The number of nitro groups is 1. The fraction of sp³-hybridized carbons (Fsp3) is 0.200. The summed E-state index contributed by atoms with van der Waals surface area (Å²) >= 11 is 0. The maximum atomic E-state index is 11.7. The highest BCUT2D eigenvalue weighted by Crippen LogP contribution is 2.27. The zero-order chi connectivity index (χ0) is 15.5. The molecular weight excluding hydrogens is 284 g/mol. The van der Waals surface area contributed by atoms with Gasteiger partial charge in [-0.25, -0.2) is 4.98 Å². The maximum absolute atomic E-state index is 11.7. The molecule has 0 aliphatic carbocycles. The summed E-state index contributed by atoms with van der Waals surface area (Å²) in [6, 6.07) is 10.1. The van der Waals surface area contributed by atoms with E-state index in [1.54, 1.807) is 17.0 Å². The van der Waals surface area contributed by atoms with Gasteiger partial charge >= 0.3 is 5.69 Å². The summed E-state index contributed by atoms with van der Waals surface area (Å²) in [5.41, 5.74) is 1.43. The van der Waals surface area contributed by atoms with Gasteiger partial charge in [0.05, 0.1) is 4.92 Å². The van der Waals surface area contributed by atoms with Crippen LogP contribution < -0.4 is 10.2 Å². The highest BCUT2D eigenvalue weighted by atomic mass is 16.6. The number of hydrogen-bond acceptors (Lipinski definition) is 5. The first-order valence-electron chi connectivity index (χ1n) is 6.92. The van der Waals surface area contributed by atoms with Crippen LogP contribution in [-0.4, -0.2) is 22.4 Å². The molecule has 1 amide bonds. The summed E-state index contributed by atoms with van der Waals surface area (Å²) in [6.07, 6.45) is 2.95. The number of anilines is 3. The molecule has 7 heteroatoms. The van der Waals surface area contributed by atoms with E-state index in [9.17, 15) is 14.9 Å². The first-order chi connectivity index (χ1) is 10.6. The lowest BCUT2D eigenvalue weighted by Gasteiger charge is -2.16. The van der Waals surface area contributed by atoms with Crippen molar-refractivity contribution in [1.29, 1.82) is 0 Å². The summed E-state index contributed by atoms with van der Waals surface area (Å²) in [5.74, 6) is 0.318. The van der Waals surface area contributed by atoms with Gasteiger partial charge in [-0.1, -0.05) is 0 Å². The Kier molecular flexibility index (Phi) is 3.69.